The topological polar surface area (TPSA) is 84.5 Å². The third-order valence-electron chi connectivity index (χ3n) is 4.06. The lowest BCUT2D eigenvalue weighted by Crippen LogP contribution is -2.15. The SMILES string of the molecule is COc1ccc(C)cc1NC(=O)c1ccc(S(=O)(=O)Nc2ccccc2)cc1. The van der Waals surface area contributed by atoms with Crippen LogP contribution in [0.3, 0.4) is 0 Å². The van der Waals surface area contributed by atoms with Crippen molar-refractivity contribution in [1.82, 2.24) is 0 Å². The van der Waals surface area contributed by atoms with E-state index in [4.69, 9.17) is 4.74 Å². The molecule has 0 heterocycles. The van der Waals surface area contributed by atoms with Crippen LogP contribution in [0.25, 0.3) is 0 Å². The molecule has 0 saturated carbocycles. The number of amides is 1. The summed E-state index contributed by atoms with van der Waals surface area (Å²) in [5.41, 5.74) is 2.33. The zero-order valence-electron chi connectivity index (χ0n) is 15.5. The number of carbonyl (C=O) groups is 1. The van der Waals surface area contributed by atoms with E-state index in [-0.39, 0.29) is 10.8 Å². The molecule has 0 aliphatic rings. The highest BCUT2D eigenvalue weighted by Crippen LogP contribution is 2.26. The Kier molecular flexibility index (Phi) is 5.65. The van der Waals surface area contributed by atoms with Crippen molar-refractivity contribution in [1.29, 1.82) is 0 Å². The van der Waals surface area contributed by atoms with Crippen LogP contribution in [0.5, 0.6) is 5.75 Å². The van der Waals surface area contributed by atoms with Gasteiger partial charge in [0.1, 0.15) is 5.75 Å². The standard InChI is InChI=1S/C21H20N2O4S/c1-15-8-13-20(27-2)19(14-15)22-21(24)16-9-11-18(12-10-16)28(25,26)23-17-6-4-3-5-7-17/h3-14,23H,1-2H3,(H,22,24). The van der Waals surface area contributed by atoms with Crippen LogP contribution in [0.15, 0.2) is 77.7 Å². The molecule has 7 heteroatoms. The number of carbonyl (C=O) groups excluding carboxylic acids is 1. The van der Waals surface area contributed by atoms with Crippen LogP contribution in [0.1, 0.15) is 15.9 Å². The number of anilines is 2. The fourth-order valence-corrected chi connectivity index (χ4v) is 3.68. The molecule has 6 nitrogen and oxygen atoms in total. The number of rotatable bonds is 6. The molecule has 3 aromatic rings. The molecule has 0 unspecified atom stereocenters. The molecular weight excluding hydrogens is 376 g/mol. The number of nitrogens with one attached hydrogen (secondary N) is 2. The minimum absolute atomic E-state index is 0.0704. The lowest BCUT2D eigenvalue weighted by Gasteiger charge is -2.12. The normalized spacial score (nSPS) is 10.9. The van der Waals surface area contributed by atoms with Gasteiger partial charge in [-0.05, 0) is 61.0 Å². The van der Waals surface area contributed by atoms with E-state index in [1.165, 1.54) is 31.4 Å². The summed E-state index contributed by atoms with van der Waals surface area (Å²) in [4.78, 5) is 12.6. The van der Waals surface area contributed by atoms with E-state index in [2.05, 4.69) is 10.0 Å². The van der Waals surface area contributed by atoms with Gasteiger partial charge in [0.2, 0.25) is 0 Å². The van der Waals surface area contributed by atoms with Crippen molar-refractivity contribution in [3.05, 3.63) is 83.9 Å². The van der Waals surface area contributed by atoms with Crippen molar-refractivity contribution < 1.29 is 17.9 Å². The van der Waals surface area contributed by atoms with Gasteiger partial charge in [-0.25, -0.2) is 8.42 Å². The molecule has 28 heavy (non-hydrogen) atoms. The van der Waals surface area contributed by atoms with Gasteiger partial charge in [-0.15, -0.1) is 0 Å². The summed E-state index contributed by atoms with van der Waals surface area (Å²) in [5, 5.41) is 2.79. The third-order valence-corrected chi connectivity index (χ3v) is 5.45. The Labute approximate surface area is 164 Å². The highest BCUT2D eigenvalue weighted by molar-refractivity contribution is 7.92. The Bertz CT molecular complexity index is 1080. The number of benzene rings is 3. The molecule has 0 bridgehead atoms. The fourth-order valence-electron chi connectivity index (χ4n) is 2.62. The Morgan fingerprint density at radius 1 is 0.929 bits per heavy atom. The molecule has 0 aromatic heterocycles. The fraction of sp³-hybridized carbons (Fsp3) is 0.0952. The smallest absolute Gasteiger partial charge is 0.261 e. The third kappa shape index (κ3) is 4.50. The number of para-hydroxylation sites is 1. The number of hydrogen-bond donors (Lipinski definition) is 2. The van der Waals surface area contributed by atoms with Crippen molar-refractivity contribution >= 4 is 27.3 Å². The number of hydrogen-bond acceptors (Lipinski definition) is 4. The number of aryl methyl sites for hydroxylation is 1. The predicted molar refractivity (Wildman–Crippen MR) is 109 cm³/mol. The lowest BCUT2D eigenvalue weighted by atomic mass is 10.1. The summed E-state index contributed by atoms with van der Waals surface area (Å²) in [7, 11) is -2.21. The van der Waals surface area contributed by atoms with Gasteiger partial charge in [0.05, 0.1) is 17.7 Å². The van der Waals surface area contributed by atoms with E-state index in [0.29, 0.717) is 22.7 Å². The summed E-state index contributed by atoms with van der Waals surface area (Å²) in [6.45, 7) is 1.91. The quantitative estimate of drug-likeness (QED) is 0.658. The van der Waals surface area contributed by atoms with Crippen LogP contribution in [0.2, 0.25) is 0 Å². The molecule has 144 valence electrons. The second-order valence-corrected chi connectivity index (χ2v) is 7.84. The highest BCUT2D eigenvalue weighted by Gasteiger charge is 2.16. The van der Waals surface area contributed by atoms with Gasteiger partial charge >= 0.3 is 0 Å². The van der Waals surface area contributed by atoms with Crippen LogP contribution < -0.4 is 14.8 Å². The molecule has 0 saturated heterocycles. The molecular formula is C21H20N2O4S. The molecule has 0 aliphatic carbocycles. The molecule has 2 N–H and O–H groups in total. The number of methoxy groups -OCH3 is 1. The first kappa shape index (κ1) is 19.4. The minimum atomic E-state index is -3.73. The summed E-state index contributed by atoms with van der Waals surface area (Å²) in [5.74, 6) is 0.189. The van der Waals surface area contributed by atoms with E-state index in [1.807, 2.05) is 13.0 Å². The molecule has 3 rings (SSSR count). The van der Waals surface area contributed by atoms with Gasteiger partial charge in [0.25, 0.3) is 15.9 Å². The van der Waals surface area contributed by atoms with E-state index in [0.717, 1.165) is 5.56 Å². The summed E-state index contributed by atoms with van der Waals surface area (Å²) >= 11 is 0. The van der Waals surface area contributed by atoms with Gasteiger partial charge in [-0.3, -0.25) is 9.52 Å². The van der Waals surface area contributed by atoms with Crippen LogP contribution in [0, 0.1) is 6.92 Å². The van der Waals surface area contributed by atoms with Crippen LogP contribution in [-0.2, 0) is 10.0 Å². The second kappa shape index (κ2) is 8.14. The first-order valence-electron chi connectivity index (χ1n) is 8.53. The van der Waals surface area contributed by atoms with E-state index >= 15 is 0 Å². The maximum absolute atomic E-state index is 12.5. The number of sulfonamides is 1. The second-order valence-electron chi connectivity index (χ2n) is 6.15. The zero-order valence-corrected chi connectivity index (χ0v) is 16.3. The number of ether oxygens (including phenoxy) is 1. The van der Waals surface area contributed by atoms with Crippen molar-refractivity contribution in [3.8, 4) is 5.75 Å². The van der Waals surface area contributed by atoms with Crippen molar-refractivity contribution in [3.63, 3.8) is 0 Å². The summed E-state index contributed by atoms with van der Waals surface area (Å²) < 4.78 is 32.7. The molecule has 3 aromatic carbocycles. The Hall–Kier alpha value is -3.32. The highest BCUT2D eigenvalue weighted by atomic mass is 32.2. The zero-order chi connectivity index (χ0) is 20.1. The average Bonchev–Trinajstić information content (AvgIpc) is 2.69. The summed E-state index contributed by atoms with van der Waals surface area (Å²) in [6.07, 6.45) is 0. The molecule has 0 radical (unpaired) electrons. The van der Waals surface area contributed by atoms with E-state index < -0.39 is 10.0 Å². The predicted octanol–water partition coefficient (Wildman–Crippen LogP) is 4.06. The van der Waals surface area contributed by atoms with Crippen LogP contribution in [-0.4, -0.2) is 21.4 Å². The first-order valence-corrected chi connectivity index (χ1v) is 10.0. The van der Waals surface area contributed by atoms with Gasteiger partial charge in [0.15, 0.2) is 0 Å². The Balaban J connectivity index is 1.77. The van der Waals surface area contributed by atoms with Gasteiger partial charge in [0, 0.05) is 11.3 Å². The van der Waals surface area contributed by atoms with Crippen molar-refractivity contribution in [2.75, 3.05) is 17.1 Å². The molecule has 0 atom stereocenters. The summed E-state index contributed by atoms with van der Waals surface area (Å²) in [6, 6.07) is 19.8. The minimum Gasteiger partial charge on any atom is -0.495 e. The van der Waals surface area contributed by atoms with Crippen molar-refractivity contribution in [2.24, 2.45) is 0 Å². The van der Waals surface area contributed by atoms with E-state index in [9.17, 15) is 13.2 Å². The van der Waals surface area contributed by atoms with Crippen LogP contribution >= 0.6 is 0 Å². The van der Waals surface area contributed by atoms with Gasteiger partial charge in [-0.1, -0.05) is 24.3 Å². The van der Waals surface area contributed by atoms with Crippen molar-refractivity contribution in [2.45, 2.75) is 11.8 Å². The molecule has 0 aliphatic heterocycles. The monoisotopic (exact) mass is 396 g/mol. The first-order chi connectivity index (χ1) is 13.4. The maximum atomic E-state index is 12.5. The maximum Gasteiger partial charge on any atom is 0.261 e. The molecule has 1 amide bonds. The largest absolute Gasteiger partial charge is 0.495 e. The van der Waals surface area contributed by atoms with Gasteiger partial charge in [-0.2, -0.15) is 0 Å². The van der Waals surface area contributed by atoms with Crippen LogP contribution in [0.4, 0.5) is 11.4 Å². The molecule has 0 spiro atoms. The van der Waals surface area contributed by atoms with Gasteiger partial charge < -0.3 is 10.1 Å². The Morgan fingerprint density at radius 2 is 1.61 bits per heavy atom. The Morgan fingerprint density at radius 3 is 2.25 bits per heavy atom. The van der Waals surface area contributed by atoms with E-state index in [1.54, 1.807) is 42.5 Å². The molecule has 0 fully saturated rings. The average molecular weight is 396 g/mol. The lowest BCUT2D eigenvalue weighted by molar-refractivity contribution is 0.102.